The molecule has 0 unspecified atom stereocenters. The van der Waals surface area contributed by atoms with Crippen LogP contribution in [0.2, 0.25) is 0 Å². The number of hydrogen-bond donors (Lipinski definition) is 2. The molecule has 0 heterocycles. The van der Waals surface area contributed by atoms with Crippen molar-refractivity contribution in [3.63, 3.8) is 0 Å². The highest BCUT2D eigenvalue weighted by Crippen LogP contribution is 2.23. The van der Waals surface area contributed by atoms with Crippen LogP contribution >= 0.6 is 0 Å². The second-order valence-corrected chi connectivity index (χ2v) is 11.1. The molecule has 1 amide bonds. The summed E-state index contributed by atoms with van der Waals surface area (Å²) < 4.78 is 53.4. The molecule has 0 bridgehead atoms. The highest BCUT2D eigenvalue weighted by Gasteiger charge is 2.29. The third-order valence-corrected chi connectivity index (χ3v) is 7.47. The third-order valence-electron chi connectivity index (χ3n) is 4.84. The van der Waals surface area contributed by atoms with E-state index < -0.39 is 32.0 Å². The topological polar surface area (TPSA) is 113 Å². The lowest BCUT2D eigenvalue weighted by Gasteiger charge is -2.28. The Balaban J connectivity index is 1.76. The number of sulfonamides is 2. The van der Waals surface area contributed by atoms with Gasteiger partial charge in [0, 0.05) is 11.4 Å². The van der Waals surface area contributed by atoms with Crippen LogP contribution in [0, 0.1) is 6.92 Å². The monoisotopic (exact) mass is 487 g/mol. The fourth-order valence-corrected chi connectivity index (χ4v) is 5.42. The number of nitrogens with zero attached hydrogens (tertiary/aromatic N) is 1. The summed E-state index contributed by atoms with van der Waals surface area (Å²) in [5, 5.41) is 2.64. The highest BCUT2D eigenvalue weighted by molar-refractivity contribution is 7.92. The maximum absolute atomic E-state index is 12.8. The van der Waals surface area contributed by atoms with Gasteiger partial charge in [-0.25, -0.2) is 16.8 Å². The average molecular weight is 488 g/mol. The molecule has 0 fully saturated rings. The van der Waals surface area contributed by atoms with Crippen molar-refractivity contribution < 1.29 is 21.6 Å². The van der Waals surface area contributed by atoms with Crippen molar-refractivity contribution >= 4 is 43.0 Å². The number of hydrogen-bond acceptors (Lipinski definition) is 5. The van der Waals surface area contributed by atoms with Crippen LogP contribution in [0.15, 0.2) is 83.8 Å². The molecule has 0 saturated carbocycles. The number of benzene rings is 3. The van der Waals surface area contributed by atoms with Gasteiger partial charge in [-0.2, -0.15) is 0 Å². The third kappa shape index (κ3) is 6.11. The number of anilines is 3. The Bertz CT molecular complexity index is 1320. The molecule has 3 rings (SSSR count). The minimum Gasteiger partial charge on any atom is -0.324 e. The molecule has 0 aliphatic heterocycles. The second-order valence-electron chi connectivity index (χ2n) is 7.56. The summed E-state index contributed by atoms with van der Waals surface area (Å²) in [6.07, 6.45) is 1.04. The minimum absolute atomic E-state index is 0.0230. The fourth-order valence-electron chi connectivity index (χ4n) is 3.18. The van der Waals surface area contributed by atoms with Gasteiger partial charge in [-0.05, 0) is 62.4 Å². The van der Waals surface area contributed by atoms with E-state index in [1.807, 2.05) is 6.92 Å². The van der Waals surface area contributed by atoms with Crippen LogP contribution in [0.3, 0.4) is 0 Å². The molecule has 3 aromatic carbocycles. The molecule has 0 radical (unpaired) electrons. The van der Waals surface area contributed by atoms with Crippen LogP contribution in [0.25, 0.3) is 0 Å². The Morgan fingerprint density at radius 2 is 1.39 bits per heavy atom. The maximum atomic E-state index is 12.8. The minimum atomic E-state index is -3.80. The average Bonchev–Trinajstić information content (AvgIpc) is 2.75. The first-order valence-electron chi connectivity index (χ1n) is 10.0. The Kier molecular flexibility index (Phi) is 7.09. The van der Waals surface area contributed by atoms with Gasteiger partial charge in [-0.3, -0.25) is 13.8 Å². The highest BCUT2D eigenvalue weighted by atomic mass is 32.2. The zero-order valence-electron chi connectivity index (χ0n) is 18.4. The smallest absolute Gasteiger partial charge is 0.261 e. The zero-order valence-corrected chi connectivity index (χ0v) is 20.0. The van der Waals surface area contributed by atoms with E-state index in [4.69, 9.17) is 0 Å². The largest absolute Gasteiger partial charge is 0.324 e. The quantitative estimate of drug-likeness (QED) is 0.504. The molecule has 3 aromatic rings. The lowest BCUT2D eigenvalue weighted by molar-refractivity contribution is -0.116. The van der Waals surface area contributed by atoms with E-state index in [0.717, 1.165) is 16.1 Å². The van der Waals surface area contributed by atoms with Gasteiger partial charge in [-0.1, -0.05) is 35.9 Å². The molecule has 0 aromatic heterocycles. The van der Waals surface area contributed by atoms with Gasteiger partial charge < -0.3 is 5.32 Å². The predicted molar refractivity (Wildman–Crippen MR) is 130 cm³/mol. The van der Waals surface area contributed by atoms with Crippen LogP contribution in [-0.2, 0) is 24.8 Å². The standard InChI is InChI=1S/C23H25N3O5S2/c1-17-9-13-21(14-10-17)26(32(3,28)29)18(2)23(27)24-19-11-15-22(16-12-19)33(30,31)25-20-7-5-4-6-8-20/h4-16,18,25H,1-3H3,(H,24,27)/t18-/m0/s1. The molecule has 0 aliphatic carbocycles. The number of amides is 1. The molecule has 2 N–H and O–H groups in total. The Morgan fingerprint density at radius 3 is 1.94 bits per heavy atom. The van der Waals surface area contributed by atoms with Crippen molar-refractivity contribution in [1.29, 1.82) is 0 Å². The number of para-hydroxylation sites is 1. The number of rotatable bonds is 8. The number of carbonyl (C=O) groups is 1. The van der Waals surface area contributed by atoms with Gasteiger partial charge in [0.05, 0.1) is 16.8 Å². The van der Waals surface area contributed by atoms with Gasteiger partial charge in [-0.15, -0.1) is 0 Å². The van der Waals surface area contributed by atoms with Crippen LogP contribution in [0.1, 0.15) is 12.5 Å². The summed E-state index contributed by atoms with van der Waals surface area (Å²) in [5.41, 5.74) is 2.10. The number of carbonyl (C=O) groups excluding carboxylic acids is 1. The lowest BCUT2D eigenvalue weighted by atomic mass is 10.2. The molecule has 1 atom stereocenters. The molecule has 33 heavy (non-hydrogen) atoms. The van der Waals surface area contributed by atoms with Gasteiger partial charge in [0.1, 0.15) is 6.04 Å². The molecule has 0 aliphatic rings. The van der Waals surface area contributed by atoms with Crippen LogP contribution in [0.5, 0.6) is 0 Å². The first kappa shape index (κ1) is 24.3. The summed E-state index contributed by atoms with van der Waals surface area (Å²) >= 11 is 0. The molecule has 0 spiro atoms. The molecule has 8 nitrogen and oxygen atoms in total. The van der Waals surface area contributed by atoms with Crippen molar-refractivity contribution in [2.75, 3.05) is 20.6 Å². The van der Waals surface area contributed by atoms with Crippen LogP contribution < -0.4 is 14.3 Å². The van der Waals surface area contributed by atoms with E-state index in [1.54, 1.807) is 54.6 Å². The predicted octanol–water partition coefficient (Wildman–Crippen LogP) is 3.59. The van der Waals surface area contributed by atoms with E-state index >= 15 is 0 Å². The van der Waals surface area contributed by atoms with Gasteiger partial charge in [0.25, 0.3) is 10.0 Å². The van der Waals surface area contributed by atoms with Crippen molar-refractivity contribution in [3.8, 4) is 0 Å². The molecular weight excluding hydrogens is 462 g/mol. The van der Waals surface area contributed by atoms with Crippen molar-refractivity contribution in [2.45, 2.75) is 24.8 Å². The Hall–Kier alpha value is -3.37. The van der Waals surface area contributed by atoms with E-state index in [2.05, 4.69) is 10.0 Å². The molecule has 10 heteroatoms. The van der Waals surface area contributed by atoms with Crippen molar-refractivity contribution in [1.82, 2.24) is 0 Å². The number of nitrogens with one attached hydrogen (secondary N) is 2. The van der Waals surface area contributed by atoms with Gasteiger partial charge in [0.2, 0.25) is 15.9 Å². The Morgan fingerprint density at radius 1 is 0.818 bits per heavy atom. The van der Waals surface area contributed by atoms with E-state index in [-0.39, 0.29) is 4.90 Å². The summed E-state index contributed by atoms with van der Waals surface area (Å²) in [6.45, 7) is 3.36. The summed E-state index contributed by atoms with van der Waals surface area (Å²) in [4.78, 5) is 12.8. The SMILES string of the molecule is Cc1ccc(N([C@@H](C)C(=O)Nc2ccc(S(=O)(=O)Nc3ccccc3)cc2)S(C)(=O)=O)cc1. The first-order valence-corrected chi connectivity index (χ1v) is 13.4. The second kappa shape index (κ2) is 9.63. The van der Waals surface area contributed by atoms with Gasteiger partial charge in [0.15, 0.2) is 0 Å². The Labute approximate surface area is 194 Å². The van der Waals surface area contributed by atoms with E-state index in [0.29, 0.717) is 17.1 Å². The van der Waals surface area contributed by atoms with E-state index in [1.165, 1.54) is 31.2 Å². The van der Waals surface area contributed by atoms with Crippen molar-refractivity contribution in [3.05, 3.63) is 84.4 Å². The summed E-state index contributed by atoms with van der Waals surface area (Å²) in [6, 6.07) is 19.9. The van der Waals surface area contributed by atoms with Crippen LogP contribution in [0.4, 0.5) is 17.1 Å². The molecule has 0 saturated heterocycles. The normalized spacial score (nSPS) is 12.6. The number of aryl methyl sites for hydroxylation is 1. The maximum Gasteiger partial charge on any atom is 0.261 e. The summed E-state index contributed by atoms with van der Waals surface area (Å²) in [5.74, 6) is -0.556. The molecular formula is C23H25N3O5S2. The van der Waals surface area contributed by atoms with Crippen molar-refractivity contribution in [2.24, 2.45) is 0 Å². The zero-order chi connectivity index (χ0) is 24.2. The van der Waals surface area contributed by atoms with Crippen LogP contribution in [-0.4, -0.2) is 35.0 Å². The lowest BCUT2D eigenvalue weighted by Crippen LogP contribution is -2.45. The fraction of sp³-hybridized carbons (Fsp3) is 0.174. The van der Waals surface area contributed by atoms with Gasteiger partial charge >= 0.3 is 0 Å². The van der Waals surface area contributed by atoms with E-state index in [9.17, 15) is 21.6 Å². The molecule has 174 valence electrons. The first-order chi connectivity index (χ1) is 15.5. The summed E-state index contributed by atoms with van der Waals surface area (Å²) in [7, 11) is -7.54.